The molecule has 1 aromatic rings. The number of rotatable bonds is 6. The highest BCUT2D eigenvalue weighted by atomic mass is 16.5. The summed E-state index contributed by atoms with van der Waals surface area (Å²) in [7, 11) is 3.88. The molecule has 3 nitrogen and oxygen atoms in total. The van der Waals surface area contributed by atoms with Gasteiger partial charge in [-0.2, -0.15) is 0 Å². The van der Waals surface area contributed by atoms with Crippen LogP contribution in [0.15, 0.2) is 18.2 Å². The number of likely N-dealkylation sites (N-methyl/N-ethyl adjacent to an activating group) is 1. The molecule has 106 valence electrons. The fourth-order valence-corrected chi connectivity index (χ4v) is 2.66. The topological polar surface area (TPSA) is 38.5 Å². The highest BCUT2D eigenvalue weighted by molar-refractivity contribution is 5.39. The van der Waals surface area contributed by atoms with E-state index < -0.39 is 0 Å². The van der Waals surface area contributed by atoms with E-state index in [4.69, 9.17) is 10.5 Å². The van der Waals surface area contributed by atoms with Gasteiger partial charge in [-0.3, -0.25) is 0 Å². The zero-order chi connectivity index (χ0) is 14.0. The second kappa shape index (κ2) is 5.93. The van der Waals surface area contributed by atoms with E-state index in [2.05, 4.69) is 37.9 Å². The molecule has 2 unspecified atom stereocenters. The molecular formula is C16H26N2O. The van der Waals surface area contributed by atoms with Crippen LogP contribution in [-0.4, -0.2) is 31.6 Å². The number of nitrogens with two attached hydrogens (primary N) is 1. The van der Waals surface area contributed by atoms with Gasteiger partial charge in [0.25, 0.3) is 0 Å². The summed E-state index contributed by atoms with van der Waals surface area (Å²) in [6, 6.07) is 6.84. The first-order valence-corrected chi connectivity index (χ1v) is 7.13. The van der Waals surface area contributed by atoms with Crippen LogP contribution in [0.2, 0.25) is 0 Å². The maximum atomic E-state index is 6.38. The third-order valence-corrected chi connectivity index (χ3v) is 4.27. The van der Waals surface area contributed by atoms with Gasteiger partial charge < -0.3 is 15.4 Å². The van der Waals surface area contributed by atoms with Crippen LogP contribution in [-0.2, 0) is 0 Å². The van der Waals surface area contributed by atoms with Crippen molar-refractivity contribution in [2.45, 2.75) is 38.8 Å². The first-order valence-electron chi connectivity index (χ1n) is 7.13. The standard InChI is InChI=1S/C16H26N2O/c1-11-5-8-16(19-4)14(9-11)15(17)10-18(3)12(2)13-6-7-13/h5,8-9,12-13,15H,6-7,10,17H2,1-4H3. The van der Waals surface area contributed by atoms with Crippen molar-refractivity contribution in [3.63, 3.8) is 0 Å². The molecule has 1 saturated carbocycles. The second-order valence-corrected chi connectivity index (χ2v) is 5.87. The van der Waals surface area contributed by atoms with Gasteiger partial charge in [-0.25, -0.2) is 0 Å². The summed E-state index contributed by atoms with van der Waals surface area (Å²) in [5.41, 5.74) is 8.71. The molecule has 0 aromatic heterocycles. The molecule has 2 rings (SSSR count). The number of hydrogen-bond acceptors (Lipinski definition) is 3. The van der Waals surface area contributed by atoms with Crippen molar-refractivity contribution < 1.29 is 4.74 Å². The molecule has 1 fully saturated rings. The zero-order valence-corrected chi connectivity index (χ0v) is 12.5. The van der Waals surface area contributed by atoms with E-state index in [0.29, 0.717) is 6.04 Å². The average molecular weight is 262 g/mol. The fraction of sp³-hybridized carbons (Fsp3) is 0.625. The lowest BCUT2D eigenvalue weighted by atomic mass is 10.0. The predicted molar refractivity (Wildman–Crippen MR) is 79.5 cm³/mol. The Bertz CT molecular complexity index is 429. The van der Waals surface area contributed by atoms with Gasteiger partial charge in [-0.15, -0.1) is 0 Å². The van der Waals surface area contributed by atoms with E-state index in [1.807, 2.05) is 6.07 Å². The van der Waals surface area contributed by atoms with Crippen molar-refractivity contribution in [2.75, 3.05) is 20.7 Å². The molecule has 0 saturated heterocycles. The molecule has 1 aliphatic rings. The summed E-state index contributed by atoms with van der Waals surface area (Å²) in [6.07, 6.45) is 2.74. The minimum absolute atomic E-state index is 0.000972. The maximum absolute atomic E-state index is 6.38. The van der Waals surface area contributed by atoms with Gasteiger partial charge in [0.2, 0.25) is 0 Å². The first-order chi connectivity index (χ1) is 9.02. The van der Waals surface area contributed by atoms with Crippen molar-refractivity contribution in [3.05, 3.63) is 29.3 Å². The quantitative estimate of drug-likeness (QED) is 0.856. The van der Waals surface area contributed by atoms with E-state index in [0.717, 1.165) is 23.8 Å². The summed E-state index contributed by atoms with van der Waals surface area (Å²) in [5.74, 6) is 1.77. The highest BCUT2D eigenvalue weighted by Gasteiger charge is 2.31. The molecule has 19 heavy (non-hydrogen) atoms. The van der Waals surface area contributed by atoms with Crippen molar-refractivity contribution in [1.29, 1.82) is 0 Å². The Kier molecular flexibility index (Phi) is 4.48. The number of ether oxygens (including phenoxy) is 1. The number of methoxy groups -OCH3 is 1. The summed E-state index contributed by atoms with van der Waals surface area (Å²) >= 11 is 0. The monoisotopic (exact) mass is 262 g/mol. The van der Waals surface area contributed by atoms with Crippen LogP contribution in [0.25, 0.3) is 0 Å². The third kappa shape index (κ3) is 3.48. The Balaban J connectivity index is 2.05. The summed E-state index contributed by atoms with van der Waals surface area (Å²) in [5, 5.41) is 0. The van der Waals surface area contributed by atoms with Crippen LogP contribution in [0, 0.1) is 12.8 Å². The summed E-state index contributed by atoms with van der Waals surface area (Å²) in [6.45, 7) is 5.27. The van der Waals surface area contributed by atoms with Crippen LogP contribution in [0.3, 0.4) is 0 Å². The average Bonchev–Trinajstić information content (AvgIpc) is 3.21. The Morgan fingerprint density at radius 1 is 1.42 bits per heavy atom. The van der Waals surface area contributed by atoms with Gasteiger partial charge >= 0.3 is 0 Å². The minimum atomic E-state index is 0.000972. The second-order valence-electron chi connectivity index (χ2n) is 5.87. The molecule has 0 aliphatic heterocycles. The smallest absolute Gasteiger partial charge is 0.123 e. The van der Waals surface area contributed by atoms with Crippen LogP contribution in [0.1, 0.15) is 36.9 Å². The molecular weight excluding hydrogens is 236 g/mol. The lowest BCUT2D eigenvalue weighted by Gasteiger charge is -2.28. The Labute approximate surface area is 116 Å². The molecule has 2 N–H and O–H groups in total. The number of nitrogens with zero attached hydrogens (tertiary/aromatic N) is 1. The molecule has 3 heteroatoms. The summed E-state index contributed by atoms with van der Waals surface area (Å²) in [4.78, 5) is 2.38. The fourth-order valence-electron chi connectivity index (χ4n) is 2.66. The third-order valence-electron chi connectivity index (χ3n) is 4.27. The molecule has 0 radical (unpaired) electrons. The van der Waals surface area contributed by atoms with E-state index >= 15 is 0 Å². The lowest BCUT2D eigenvalue weighted by Crippen LogP contribution is -2.36. The highest BCUT2D eigenvalue weighted by Crippen LogP contribution is 2.35. The Morgan fingerprint density at radius 2 is 2.11 bits per heavy atom. The van der Waals surface area contributed by atoms with Gasteiger partial charge in [0.15, 0.2) is 0 Å². The van der Waals surface area contributed by atoms with Crippen LogP contribution < -0.4 is 10.5 Å². The van der Waals surface area contributed by atoms with Gasteiger partial charge in [0.1, 0.15) is 5.75 Å². The Hall–Kier alpha value is -1.06. The van der Waals surface area contributed by atoms with Crippen LogP contribution in [0.5, 0.6) is 5.75 Å². The minimum Gasteiger partial charge on any atom is -0.496 e. The molecule has 0 bridgehead atoms. The molecule has 0 heterocycles. The van der Waals surface area contributed by atoms with E-state index in [1.54, 1.807) is 7.11 Å². The zero-order valence-electron chi connectivity index (χ0n) is 12.5. The van der Waals surface area contributed by atoms with E-state index in [9.17, 15) is 0 Å². The van der Waals surface area contributed by atoms with Crippen molar-refractivity contribution in [1.82, 2.24) is 4.90 Å². The lowest BCUT2D eigenvalue weighted by molar-refractivity contribution is 0.220. The Morgan fingerprint density at radius 3 is 2.68 bits per heavy atom. The van der Waals surface area contributed by atoms with Gasteiger partial charge in [0.05, 0.1) is 7.11 Å². The number of hydrogen-bond donors (Lipinski definition) is 1. The van der Waals surface area contributed by atoms with Crippen LogP contribution in [0.4, 0.5) is 0 Å². The summed E-state index contributed by atoms with van der Waals surface area (Å²) < 4.78 is 5.42. The van der Waals surface area contributed by atoms with Gasteiger partial charge in [0, 0.05) is 24.2 Å². The van der Waals surface area contributed by atoms with Gasteiger partial charge in [-0.05, 0) is 45.7 Å². The first kappa shape index (κ1) is 14.4. The van der Waals surface area contributed by atoms with E-state index in [1.165, 1.54) is 18.4 Å². The molecule has 1 aliphatic carbocycles. The number of benzene rings is 1. The maximum Gasteiger partial charge on any atom is 0.123 e. The molecule has 0 amide bonds. The molecule has 0 spiro atoms. The van der Waals surface area contributed by atoms with Crippen molar-refractivity contribution >= 4 is 0 Å². The normalized spacial score (nSPS) is 18.4. The molecule has 2 atom stereocenters. The van der Waals surface area contributed by atoms with Gasteiger partial charge in [-0.1, -0.05) is 17.7 Å². The van der Waals surface area contributed by atoms with Crippen LogP contribution >= 0.6 is 0 Å². The predicted octanol–water partition coefficient (Wildman–Crippen LogP) is 2.73. The van der Waals surface area contributed by atoms with Crippen molar-refractivity contribution in [3.8, 4) is 5.75 Å². The van der Waals surface area contributed by atoms with Crippen molar-refractivity contribution in [2.24, 2.45) is 11.7 Å². The molecule has 1 aromatic carbocycles. The van der Waals surface area contributed by atoms with E-state index in [-0.39, 0.29) is 6.04 Å². The SMILES string of the molecule is COc1ccc(C)cc1C(N)CN(C)C(C)C1CC1. The number of aryl methyl sites for hydroxylation is 1. The largest absolute Gasteiger partial charge is 0.496 e.